The van der Waals surface area contributed by atoms with Crippen LogP contribution in [0.5, 0.6) is 0 Å². The van der Waals surface area contributed by atoms with Gasteiger partial charge in [0.05, 0.1) is 5.75 Å². The van der Waals surface area contributed by atoms with Crippen LogP contribution in [0.25, 0.3) is 0 Å². The molecule has 1 amide bonds. The Morgan fingerprint density at radius 3 is 2.61 bits per heavy atom. The van der Waals surface area contributed by atoms with Gasteiger partial charge < -0.3 is 0 Å². The molecule has 6 nitrogen and oxygen atoms in total. The molecule has 0 N–H and O–H groups in total. The fraction of sp³-hybridized carbons (Fsp3) is 0.444. The summed E-state index contributed by atoms with van der Waals surface area (Å²) >= 11 is 2.06. The topological polar surface area (TPSA) is 80.2 Å². The highest BCUT2D eigenvalue weighted by molar-refractivity contribution is 14.1. The Balaban J connectivity index is 2.12. The first-order chi connectivity index (χ1) is 8.35. The van der Waals surface area contributed by atoms with Crippen LogP contribution in [0.3, 0.4) is 0 Å². The zero-order valence-electron chi connectivity index (χ0n) is 9.08. The van der Waals surface area contributed by atoms with E-state index >= 15 is 0 Å². The van der Waals surface area contributed by atoms with Gasteiger partial charge in [0.2, 0.25) is 20.9 Å². The molecule has 0 radical (unpaired) electrons. The summed E-state index contributed by atoms with van der Waals surface area (Å²) in [4.78, 5) is 21.2. The van der Waals surface area contributed by atoms with E-state index in [9.17, 15) is 13.2 Å². The summed E-state index contributed by atoms with van der Waals surface area (Å²) in [5.41, 5.74) is 0. The molecule has 0 aliphatic carbocycles. The number of halogens is 2. The molecule has 2 heterocycles. The van der Waals surface area contributed by atoms with Gasteiger partial charge in [0.25, 0.3) is 0 Å². The second-order valence-corrected chi connectivity index (χ2v) is 8.05. The van der Waals surface area contributed by atoms with E-state index in [4.69, 9.17) is 10.7 Å². The lowest BCUT2D eigenvalue weighted by Gasteiger charge is -2.13. The Kier molecular flexibility index (Phi) is 4.07. The quantitative estimate of drug-likeness (QED) is 0.558. The van der Waals surface area contributed by atoms with Gasteiger partial charge in [-0.3, -0.25) is 9.69 Å². The van der Waals surface area contributed by atoms with Crippen molar-refractivity contribution < 1.29 is 13.2 Å². The van der Waals surface area contributed by atoms with E-state index in [-0.39, 0.29) is 30.5 Å². The predicted octanol–water partition coefficient (Wildman–Crippen LogP) is 1.00. The van der Waals surface area contributed by atoms with Crippen LogP contribution >= 0.6 is 33.3 Å². The molecule has 0 bridgehead atoms. The van der Waals surface area contributed by atoms with E-state index in [1.807, 2.05) is 0 Å². The molecule has 98 valence electrons. The van der Waals surface area contributed by atoms with E-state index < -0.39 is 9.05 Å². The predicted molar refractivity (Wildman–Crippen MR) is 74.8 cm³/mol. The first kappa shape index (κ1) is 13.9. The molecule has 2 rings (SSSR count). The molecule has 1 aliphatic rings. The fourth-order valence-electron chi connectivity index (χ4n) is 1.81. The van der Waals surface area contributed by atoms with Crippen LogP contribution in [0, 0.1) is 9.49 Å². The maximum atomic E-state index is 11.8. The average Bonchev–Trinajstić information content (AvgIpc) is 2.58. The number of rotatable bonds is 3. The molecular formula is C9H9ClIN3O3S. The van der Waals surface area contributed by atoms with Crippen LogP contribution in [0.15, 0.2) is 12.4 Å². The Bertz CT molecular complexity index is 563. The molecule has 9 heteroatoms. The first-order valence-electron chi connectivity index (χ1n) is 5.05. The van der Waals surface area contributed by atoms with Gasteiger partial charge in [-0.2, -0.15) is 0 Å². The SMILES string of the molecule is O=C1CC(CS(=O)(=O)Cl)CN1c1ncc(I)cn1. The normalized spacial score (nSPS) is 20.4. The monoisotopic (exact) mass is 401 g/mol. The molecule has 1 fully saturated rings. The molecule has 1 aromatic rings. The van der Waals surface area contributed by atoms with Gasteiger partial charge in [0.1, 0.15) is 0 Å². The number of carbonyl (C=O) groups is 1. The van der Waals surface area contributed by atoms with Crippen LogP contribution in [0.2, 0.25) is 0 Å². The number of carbonyl (C=O) groups excluding carboxylic acids is 1. The third-order valence-corrected chi connectivity index (χ3v) is 4.29. The van der Waals surface area contributed by atoms with Crippen LogP contribution in [-0.4, -0.2) is 36.6 Å². The highest BCUT2D eigenvalue weighted by Gasteiger charge is 2.34. The van der Waals surface area contributed by atoms with Crippen molar-refractivity contribution in [3.63, 3.8) is 0 Å². The Morgan fingerprint density at radius 2 is 2.06 bits per heavy atom. The molecule has 0 saturated carbocycles. The second kappa shape index (κ2) is 5.25. The van der Waals surface area contributed by atoms with E-state index in [0.29, 0.717) is 5.95 Å². The second-order valence-electron chi connectivity index (χ2n) is 3.98. The lowest BCUT2D eigenvalue weighted by atomic mass is 10.1. The lowest BCUT2D eigenvalue weighted by molar-refractivity contribution is -0.117. The van der Waals surface area contributed by atoms with Crippen molar-refractivity contribution in [2.75, 3.05) is 17.2 Å². The number of amides is 1. The number of hydrogen-bond acceptors (Lipinski definition) is 5. The maximum Gasteiger partial charge on any atom is 0.232 e. The molecule has 1 atom stereocenters. The molecule has 0 spiro atoms. The van der Waals surface area contributed by atoms with Crippen LogP contribution < -0.4 is 4.90 Å². The minimum atomic E-state index is -3.59. The third-order valence-electron chi connectivity index (χ3n) is 2.49. The zero-order chi connectivity index (χ0) is 13.3. The van der Waals surface area contributed by atoms with Crippen molar-refractivity contribution in [1.29, 1.82) is 0 Å². The summed E-state index contributed by atoms with van der Waals surface area (Å²) in [6.07, 6.45) is 3.35. The zero-order valence-corrected chi connectivity index (χ0v) is 12.8. The van der Waals surface area contributed by atoms with Crippen LogP contribution in [0.4, 0.5) is 5.95 Å². The van der Waals surface area contributed by atoms with Gasteiger partial charge in [-0.15, -0.1) is 0 Å². The number of aromatic nitrogens is 2. The fourth-order valence-corrected chi connectivity index (χ4v) is 3.41. The molecule has 1 unspecified atom stereocenters. The Morgan fingerprint density at radius 1 is 1.44 bits per heavy atom. The number of anilines is 1. The summed E-state index contributed by atoms with van der Waals surface area (Å²) < 4.78 is 22.8. The van der Waals surface area contributed by atoms with Crippen molar-refractivity contribution in [3.8, 4) is 0 Å². The van der Waals surface area contributed by atoms with Gasteiger partial charge in [0, 0.05) is 45.5 Å². The van der Waals surface area contributed by atoms with Gasteiger partial charge in [-0.05, 0) is 22.6 Å². The molecule has 18 heavy (non-hydrogen) atoms. The van der Waals surface area contributed by atoms with E-state index in [0.717, 1.165) is 3.57 Å². The number of nitrogens with zero attached hydrogens (tertiary/aromatic N) is 3. The highest BCUT2D eigenvalue weighted by atomic mass is 127. The summed E-state index contributed by atoms with van der Waals surface area (Å²) in [6.45, 7) is 0.283. The average molecular weight is 402 g/mol. The van der Waals surface area contributed by atoms with Crippen molar-refractivity contribution in [2.24, 2.45) is 5.92 Å². The lowest BCUT2D eigenvalue weighted by Crippen LogP contribution is -2.27. The summed E-state index contributed by atoms with van der Waals surface area (Å²) in [5, 5.41) is 0. The smallest absolute Gasteiger partial charge is 0.232 e. The van der Waals surface area contributed by atoms with Crippen LogP contribution in [0.1, 0.15) is 6.42 Å². The van der Waals surface area contributed by atoms with Gasteiger partial charge in [-0.25, -0.2) is 18.4 Å². The van der Waals surface area contributed by atoms with Crippen molar-refractivity contribution in [3.05, 3.63) is 16.0 Å². The third kappa shape index (κ3) is 3.51. The Labute approximate surface area is 122 Å². The molecule has 1 aliphatic heterocycles. The molecular weight excluding hydrogens is 393 g/mol. The van der Waals surface area contributed by atoms with Gasteiger partial charge >= 0.3 is 0 Å². The highest BCUT2D eigenvalue weighted by Crippen LogP contribution is 2.24. The van der Waals surface area contributed by atoms with Gasteiger partial charge in [0.15, 0.2) is 0 Å². The van der Waals surface area contributed by atoms with E-state index in [2.05, 4.69) is 32.6 Å². The Hall–Kier alpha value is -0.480. The summed E-state index contributed by atoms with van der Waals surface area (Å²) in [5.74, 6) is -0.388. The minimum Gasteiger partial charge on any atom is -0.280 e. The molecule has 0 aromatic carbocycles. The number of hydrogen-bond donors (Lipinski definition) is 0. The van der Waals surface area contributed by atoms with Crippen LogP contribution in [-0.2, 0) is 13.8 Å². The van der Waals surface area contributed by atoms with Crippen molar-refractivity contribution in [2.45, 2.75) is 6.42 Å². The summed E-state index contributed by atoms with van der Waals surface area (Å²) in [7, 11) is 1.59. The summed E-state index contributed by atoms with van der Waals surface area (Å²) in [6, 6.07) is 0. The standard InChI is InChI=1S/C9H9ClIN3O3S/c10-18(16,17)5-6-1-8(15)14(4-6)9-12-2-7(11)3-13-9/h2-3,6H,1,4-5H2. The minimum absolute atomic E-state index is 0.154. The molecule has 1 saturated heterocycles. The van der Waals surface area contributed by atoms with Crippen molar-refractivity contribution >= 4 is 54.2 Å². The van der Waals surface area contributed by atoms with Gasteiger partial charge in [-0.1, -0.05) is 0 Å². The van der Waals surface area contributed by atoms with Crippen molar-refractivity contribution in [1.82, 2.24) is 9.97 Å². The van der Waals surface area contributed by atoms with E-state index in [1.54, 1.807) is 12.4 Å². The maximum absolute atomic E-state index is 11.8. The largest absolute Gasteiger partial charge is 0.280 e. The van der Waals surface area contributed by atoms with E-state index in [1.165, 1.54) is 4.90 Å². The molecule has 1 aromatic heterocycles. The first-order valence-corrected chi connectivity index (χ1v) is 8.61.